The molecule has 3 atom stereocenters. The van der Waals surface area contributed by atoms with Crippen molar-refractivity contribution in [2.45, 2.75) is 63.5 Å². The summed E-state index contributed by atoms with van der Waals surface area (Å²) >= 11 is 0. The average Bonchev–Trinajstić information content (AvgIpc) is 3.39. The molecule has 0 bridgehead atoms. The van der Waals surface area contributed by atoms with Crippen molar-refractivity contribution in [3.63, 3.8) is 0 Å². The van der Waals surface area contributed by atoms with Gasteiger partial charge in [0.15, 0.2) is 0 Å². The highest BCUT2D eigenvalue weighted by molar-refractivity contribution is 5.90. The summed E-state index contributed by atoms with van der Waals surface area (Å²) in [6.07, 6.45) is 2.17. The quantitative estimate of drug-likeness (QED) is 0.535. The van der Waals surface area contributed by atoms with Gasteiger partial charge in [-0.1, -0.05) is 61.9 Å². The number of carboxylic acid groups (broad SMARTS) is 1. The van der Waals surface area contributed by atoms with Crippen molar-refractivity contribution in [2.24, 2.45) is 5.92 Å². The summed E-state index contributed by atoms with van der Waals surface area (Å²) in [6.45, 7) is 3.67. The number of aliphatic carboxylic acids is 1. The van der Waals surface area contributed by atoms with E-state index in [1.165, 1.54) is 0 Å². The van der Waals surface area contributed by atoms with Gasteiger partial charge in [0.2, 0.25) is 5.91 Å². The Morgan fingerprint density at radius 1 is 1.03 bits per heavy atom. The Morgan fingerprint density at radius 2 is 1.65 bits per heavy atom. The number of hydrogen-bond acceptors (Lipinski definition) is 4. The molecule has 2 aromatic rings. The lowest BCUT2D eigenvalue weighted by atomic mass is 9.94. The molecule has 4 rings (SSSR count). The van der Waals surface area contributed by atoms with E-state index < -0.39 is 17.6 Å². The lowest BCUT2D eigenvalue weighted by Crippen LogP contribution is -2.58. The highest BCUT2D eigenvalue weighted by atomic mass is 16.5. The molecule has 1 unspecified atom stereocenters. The number of nitrogens with one attached hydrogen (secondary N) is 2. The van der Waals surface area contributed by atoms with Gasteiger partial charge in [0.05, 0.1) is 6.42 Å². The Morgan fingerprint density at radius 3 is 2.24 bits per heavy atom. The van der Waals surface area contributed by atoms with Crippen LogP contribution in [0.5, 0.6) is 0 Å². The predicted octanol–water partition coefficient (Wildman–Crippen LogP) is 4.45. The van der Waals surface area contributed by atoms with Gasteiger partial charge < -0.3 is 20.5 Å². The number of hydrogen-bond donors (Lipinski definition) is 3. The Kier molecular flexibility index (Phi) is 6.91. The minimum absolute atomic E-state index is 0.0353. The topological polar surface area (TPSA) is 105 Å². The molecule has 0 spiro atoms. The van der Waals surface area contributed by atoms with Crippen LogP contribution in [0.2, 0.25) is 0 Å². The van der Waals surface area contributed by atoms with E-state index in [9.17, 15) is 14.4 Å². The number of alkyl carbamates (subject to hydrolysis) is 1. The summed E-state index contributed by atoms with van der Waals surface area (Å²) in [5.41, 5.74) is 3.39. The Balaban J connectivity index is 1.39. The summed E-state index contributed by atoms with van der Waals surface area (Å²) in [7, 11) is 0. The fourth-order valence-corrected chi connectivity index (χ4v) is 5.19. The highest BCUT2D eigenvalue weighted by Crippen LogP contribution is 2.44. The molecular formula is C27H32N2O5. The number of ether oxygens (including phenoxy) is 1. The molecule has 0 aliphatic heterocycles. The Bertz CT molecular complexity index is 1040. The van der Waals surface area contributed by atoms with E-state index >= 15 is 0 Å². The zero-order valence-electron chi connectivity index (χ0n) is 19.7. The summed E-state index contributed by atoms with van der Waals surface area (Å²) in [6, 6.07) is 16.0. The highest BCUT2D eigenvalue weighted by Gasteiger charge is 2.38. The van der Waals surface area contributed by atoms with Gasteiger partial charge in [0.25, 0.3) is 0 Å². The molecule has 0 radical (unpaired) electrons. The molecule has 180 valence electrons. The van der Waals surface area contributed by atoms with Gasteiger partial charge in [0.1, 0.15) is 12.1 Å². The van der Waals surface area contributed by atoms with Crippen LogP contribution in [-0.2, 0) is 14.3 Å². The molecule has 1 fully saturated rings. The van der Waals surface area contributed by atoms with Crippen molar-refractivity contribution < 1.29 is 24.2 Å². The first-order valence-electron chi connectivity index (χ1n) is 12.0. The van der Waals surface area contributed by atoms with Crippen LogP contribution in [0, 0.1) is 5.92 Å². The molecule has 2 amide bonds. The molecule has 1 saturated carbocycles. The molecule has 2 aliphatic carbocycles. The number of benzene rings is 2. The maximum atomic E-state index is 13.1. The van der Waals surface area contributed by atoms with Crippen molar-refractivity contribution in [1.29, 1.82) is 0 Å². The van der Waals surface area contributed by atoms with E-state index in [1.54, 1.807) is 6.92 Å². The Hall–Kier alpha value is -3.35. The number of amides is 2. The van der Waals surface area contributed by atoms with Gasteiger partial charge >= 0.3 is 12.1 Å². The summed E-state index contributed by atoms with van der Waals surface area (Å²) in [5, 5.41) is 14.9. The van der Waals surface area contributed by atoms with Gasteiger partial charge in [-0.3, -0.25) is 9.59 Å². The maximum absolute atomic E-state index is 13.1. The molecule has 34 heavy (non-hydrogen) atoms. The van der Waals surface area contributed by atoms with Crippen molar-refractivity contribution in [3.8, 4) is 11.1 Å². The SMILES string of the molecule is CCC(C)(NC(=O)OCC1c2ccccc2-c2ccccc21)C(=O)N[C@@H]1CCC[C@H]1CC(=O)O. The summed E-state index contributed by atoms with van der Waals surface area (Å²) in [5.74, 6) is -1.32. The van der Waals surface area contributed by atoms with Crippen molar-refractivity contribution in [1.82, 2.24) is 10.6 Å². The molecule has 7 heteroatoms. The van der Waals surface area contributed by atoms with Crippen LogP contribution in [0.3, 0.4) is 0 Å². The third kappa shape index (κ3) is 4.79. The van der Waals surface area contributed by atoms with Crippen LogP contribution >= 0.6 is 0 Å². The molecule has 3 N–H and O–H groups in total. The Labute approximate surface area is 199 Å². The van der Waals surface area contributed by atoms with Crippen molar-refractivity contribution in [2.75, 3.05) is 6.61 Å². The largest absolute Gasteiger partial charge is 0.481 e. The fourth-order valence-electron chi connectivity index (χ4n) is 5.19. The van der Waals surface area contributed by atoms with E-state index in [0.717, 1.165) is 41.5 Å². The predicted molar refractivity (Wildman–Crippen MR) is 128 cm³/mol. The standard InChI is InChI=1S/C27H32N2O5/c1-3-27(2,25(32)28-23-14-8-9-17(23)15-24(30)31)29-26(33)34-16-22-20-12-6-4-10-18(20)19-11-5-7-13-21(19)22/h4-7,10-13,17,22-23H,3,8-9,14-16H2,1-2H3,(H,28,32)(H,29,33)(H,30,31)/t17-,23+,27?/m0/s1. The van der Waals surface area contributed by atoms with Gasteiger partial charge in [-0.2, -0.15) is 0 Å². The lowest BCUT2D eigenvalue weighted by Gasteiger charge is -2.31. The first kappa shape index (κ1) is 23.8. The van der Waals surface area contributed by atoms with E-state index in [-0.39, 0.29) is 36.8 Å². The number of rotatable bonds is 8. The van der Waals surface area contributed by atoms with Crippen LogP contribution < -0.4 is 10.6 Å². The number of carbonyl (C=O) groups excluding carboxylic acids is 2. The smallest absolute Gasteiger partial charge is 0.408 e. The van der Waals surface area contributed by atoms with Gasteiger partial charge in [-0.15, -0.1) is 0 Å². The molecular weight excluding hydrogens is 432 g/mol. The second kappa shape index (κ2) is 9.87. The minimum atomic E-state index is -1.15. The fraction of sp³-hybridized carbons (Fsp3) is 0.444. The zero-order chi connectivity index (χ0) is 24.3. The second-order valence-corrected chi connectivity index (χ2v) is 9.51. The lowest BCUT2D eigenvalue weighted by molar-refractivity contribution is -0.138. The second-order valence-electron chi connectivity index (χ2n) is 9.51. The van der Waals surface area contributed by atoms with Gasteiger partial charge in [0, 0.05) is 12.0 Å². The van der Waals surface area contributed by atoms with Crippen molar-refractivity contribution >= 4 is 18.0 Å². The van der Waals surface area contributed by atoms with E-state index in [2.05, 4.69) is 34.9 Å². The van der Waals surface area contributed by atoms with E-state index in [0.29, 0.717) is 6.42 Å². The van der Waals surface area contributed by atoms with Crippen LogP contribution in [-0.4, -0.2) is 41.3 Å². The van der Waals surface area contributed by atoms with Crippen LogP contribution in [0.15, 0.2) is 48.5 Å². The number of carboxylic acids is 1. The molecule has 0 heterocycles. The molecule has 2 aliphatic rings. The summed E-state index contributed by atoms with van der Waals surface area (Å²) < 4.78 is 5.62. The zero-order valence-corrected chi connectivity index (χ0v) is 19.7. The molecule has 7 nitrogen and oxygen atoms in total. The van der Waals surface area contributed by atoms with Gasteiger partial charge in [-0.25, -0.2) is 4.79 Å². The third-order valence-corrected chi connectivity index (χ3v) is 7.34. The average molecular weight is 465 g/mol. The van der Waals surface area contributed by atoms with E-state index in [4.69, 9.17) is 9.84 Å². The molecule has 2 aromatic carbocycles. The van der Waals surface area contributed by atoms with E-state index in [1.807, 2.05) is 31.2 Å². The monoisotopic (exact) mass is 464 g/mol. The first-order chi connectivity index (χ1) is 16.3. The molecule has 0 saturated heterocycles. The van der Waals surface area contributed by atoms with Crippen LogP contribution in [0.25, 0.3) is 11.1 Å². The van der Waals surface area contributed by atoms with Gasteiger partial charge in [-0.05, 0) is 54.4 Å². The minimum Gasteiger partial charge on any atom is -0.481 e. The normalized spacial score (nSPS) is 20.6. The molecule has 0 aromatic heterocycles. The third-order valence-electron chi connectivity index (χ3n) is 7.34. The number of carbonyl (C=O) groups is 3. The number of fused-ring (bicyclic) bond motifs is 3. The van der Waals surface area contributed by atoms with Crippen molar-refractivity contribution in [3.05, 3.63) is 59.7 Å². The first-order valence-corrected chi connectivity index (χ1v) is 12.0. The van der Waals surface area contributed by atoms with Crippen LogP contribution in [0.4, 0.5) is 4.79 Å². The summed E-state index contributed by atoms with van der Waals surface area (Å²) in [4.78, 5) is 37.0. The maximum Gasteiger partial charge on any atom is 0.408 e. The van der Waals surface area contributed by atoms with Crippen LogP contribution in [0.1, 0.15) is 63.0 Å².